The number of aryl methyl sites for hydroxylation is 2. The topological polar surface area (TPSA) is 121 Å². The van der Waals surface area contributed by atoms with E-state index in [1.165, 1.54) is 81.7 Å². The van der Waals surface area contributed by atoms with Crippen molar-refractivity contribution in [3.63, 3.8) is 0 Å². The smallest absolute Gasteiger partial charge is 0.872 e. The van der Waals surface area contributed by atoms with Crippen LogP contribution >= 0.6 is 0 Å². The van der Waals surface area contributed by atoms with Crippen LogP contribution in [0, 0.1) is 0 Å². The van der Waals surface area contributed by atoms with Gasteiger partial charge < -0.3 is 25.2 Å². The molecule has 0 amide bonds. The molecule has 0 saturated carbocycles. The number of phenols is 1. The maximum Gasteiger partial charge on any atom is 2.00 e. The Labute approximate surface area is 252 Å². The number of aromatic carboxylic acids is 2. The summed E-state index contributed by atoms with van der Waals surface area (Å²) < 4.78 is 0. The number of hydrogen-bond donors (Lipinski definition) is 2. The molecule has 0 unspecified atom stereocenters. The fourth-order valence-electron chi connectivity index (χ4n) is 4.16. The van der Waals surface area contributed by atoms with Crippen LogP contribution in [-0.2, 0) is 12.8 Å². The number of aromatic hydroxyl groups is 1. The first kappa shape index (κ1) is 35.2. The third-order valence-corrected chi connectivity index (χ3v) is 6.22. The van der Waals surface area contributed by atoms with Crippen LogP contribution in [0.5, 0.6) is 11.5 Å². The summed E-state index contributed by atoms with van der Waals surface area (Å²) in [4.78, 5) is 21.9. The number of carbonyl (C=O) groups excluding carboxylic acids is 1. The second-order valence-electron chi connectivity index (χ2n) is 9.29. The van der Waals surface area contributed by atoms with Crippen LogP contribution in [0.3, 0.4) is 0 Å². The molecule has 0 heterocycles. The van der Waals surface area contributed by atoms with E-state index in [2.05, 4.69) is 13.8 Å². The Kier molecular flexibility index (Phi) is 20.2. The standard InChI is InChI=1S/2C15H22O3.Ca/c2*1-2-3-4-5-6-7-8-12-11-13(16)9-10-14(12)15(17)18;/h2*9-11,16H,2-8H2,1H3,(H,17,18);/q;;+2/p-2. The molecular weight excluding hydrogens is 496 g/mol. The van der Waals surface area contributed by atoms with Gasteiger partial charge in [-0.15, -0.1) is 5.75 Å². The van der Waals surface area contributed by atoms with Gasteiger partial charge >= 0.3 is 43.7 Å². The minimum atomic E-state index is -1.20. The average Bonchev–Trinajstić information content (AvgIpc) is 2.83. The molecule has 0 aliphatic heterocycles. The van der Waals surface area contributed by atoms with Gasteiger partial charge in [0.2, 0.25) is 0 Å². The number of hydrogen-bond acceptors (Lipinski definition) is 5. The van der Waals surface area contributed by atoms with Crippen LogP contribution in [0.2, 0.25) is 0 Å². The van der Waals surface area contributed by atoms with Crippen LogP contribution in [0.15, 0.2) is 36.4 Å². The van der Waals surface area contributed by atoms with E-state index >= 15 is 0 Å². The molecule has 0 radical (unpaired) electrons. The van der Waals surface area contributed by atoms with Crippen molar-refractivity contribution in [1.82, 2.24) is 0 Å². The van der Waals surface area contributed by atoms with Gasteiger partial charge in [-0.25, -0.2) is 4.79 Å². The summed E-state index contributed by atoms with van der Waals surface area (Å²) >= 11 is 0. The van der Waals surface area contributed by atoms with Crippen LogP contribution in [-0.4, -0.2) is 59.9 Å². The van der Waals surface area contributed by atoms with Crippen LogP contribution in [0.1, 0.15) is 123 Å². The summed E-state index contributed by atoms with van der Waals surface area (Å²) in [6.07, 6.45) is 15.3. The second-order valence-corrected chi connectivity index (χ2v) is 9.29. The Bertz CT molecular complexity index is 853. The molecule has 2 aromatic rings. The number of carboxylic acids is 2. The van der Waals surface area contributed by atoms with Gasteiger partial charge in [-0.2, -0.15) is 0 Å². The third-order valence-electron chi connectivity index (χ3n) is 6.22. The third kappa shape index (κ3) is 15.3. The van der Waals surface area contributed by atoms with Crippen molar-refractivity contribution < 1.29 is 30.0 Å². The Morgan fingerprint density at radius 3 is 1.65 bits per heavy atom. The molecule has 2 aromatic carbocycles. The minimum Gasteiger partial charge on any atom is -0.872 e. The van der Waals surface area contributed by atoms with E-state index in [0.29, 0.717) is 17.5 Å². The molecule has 0 saturated heterocycles. The number of rotatable bonds is 16. The molecular formula is C30H42CaO6. The van der Waals surface area contributed by atoms with Crippen molar-refractivity contribution in [2.75, 3.05) is 0 Å². The van der Waals surface area contributed by atoms with Crippen molar-refractivity contribution >= 4 is 49.7 Å². The van der Waals surface area contributed by atoms with Gasteiger partial charge in [0, 0.05) is 5.56 Å². The van der Waals surface area contributed by atoms with E-state index in [1.807, 2.05) is 0 Å². The van der Waals surface area contributed by atoms with E-state index in [-0.39, 0.29) is 54.8 Å². The SMILES string of the molecule is CCCCCCCCc1cc(O)ccc1C(=O)O.CCCCCCCCc1cc([O-])ccc1C(=O)[O-].[Ca+2]. The molecule has 0 aliphatic carbocycles. The van der Waals surface area contributed by atoms with Crippen molar-refractivity contribution in [2.45, 2.75) is 104 Å². The van der Waals surface area contributed by atoms with E-state index in [9.17, 15) is 24.9 Å². The maximum atomic E-state index is 11.2. The summed E-state index contributed by atoms with van der Waals surface area (Å²) in [6, 6.07) is 8.50. The van der Waals surface area contributed by atoms with Gasteiger partial charge in [-0.3, -0.25) is 0 Å². The molecule has 0 aromatic heterocycles. The van der Waals surface area contributed by atoms with Crippen LogP contribution in [0.4, 0.5) is 0 Å². The van der Waals surface area contributed by atoms with Gasteiger partial charge in [0.15, 0.2) is 0 Å². The quantitative estimate of drug-likeness (QED) is 0.211. The van der Waals surface area contributed by atoms with E-state index in [4.69, 9.17) is 5.11 Å². The first-order chi connectivity index (χ1) is 17.3. The normalized spacial score (nSPS) is 10.2. The predicted octanol–water partition coefficient (Wildman–Crippen LogP) is 5.64. The summed E-state index contributed by atoms with van der Waals surface area (Å²) in [5.74, 6) is -2.12. The summed E-state index contributed by atoms with van der Waals surface area (Å²) in [5.41, 5.74) is 1.81. The zero-order chi connectivity index (χ0) is 26.8. The Morgan fingerprint density at radius 1 is 0.703 bits per heavy atom. The first-order valence-electron chi connectivity index (χ1n) is 13.4. The summed E-state index contributed by atoms with van der Waals surface area (Å²) in [6.45, 7) is 4.36. The van der Waals surface area contributed by atoms with Gasteiger partial charge in [-0.1, -0.05) is 96.3 Å². The number of carbonyl (C=O) groups is 2. The molecule has 200 valence electrons. The molecule has 37 heavy (non-hydrogen) atoms. The largest absolute Gasteiger partial charge is 2.00 e. The number of benzene rings is 2. The zero-order valence-electron chi connectivity index (χ0n) is 22.6. The Morgan fingerprint density at radius 2 is 1.16 bits per heavy atom. The van der Waals surface area contributed by atoms with Crippen molar-refractivity contribution in [3.8, 4) is 11.5 Å². The molecule has 2 N–H and O–H groups in total. The van der Waals surface area contributed by atoms with E-state index in [1.54, 1.807) is 6.07 Å². The van der Waals surface area contributed by atoms with Crippen LogP contribution < -0.4 is 10.2 Å². The van der Waals surface area contributed by atoms with Gasteiger partial charge in [0.25, 0.3) is 0 Å². The summed E-state index contributed by atoms with van der Waals surface area (Å²) in [5, 5.41) is 40.6. The average molecular weight is 539 g/mol. The minimum absolute atomic E-state index is 0. The molecule has 0 atom stereocenters. The van der Waals surface area contributed by atoms with Gasteiger partial charge in [0.05, 0.1) is 11.5 Å². The monoisotopic (exact) mass is 538 g/mol. The number of carboxylic acid groups (broad SMARTS) is 2. The number of unbranched alkanes of at least 4 members (excludes halogenated alkanes) is 10. The Balaban J connectivity index is 0.000000682. The summed E-state index contributed by atoms with van der Waals surface area (Å²) in [7, 11) is 0. The predicted molar refractivity (Wildman–Crippen MR) is 145 cm³/mol. The van der Waals surface area contributed by atoms with Crippen LogP contribution in [0.25, 0.3) is 0 Å². The van der Waals surface area contributed by atoms with E-state index in [0.717, 1.165) is 37.7 Å². The van der Waals surface area contributed by atoms with Gasteiger partial charge in [0.1, 0.15) is 5.75 Å². The second kappa shape index (κ2) is 21.2. The maximum absolute atomic E-state index is 11.2. The number of phenolic OH excluding ortho intramolecular Hbond substituents is 1. The zero-order valence-corrected chi connectivity index (χ0v) is 24.8. The fourth-order valence-corrected chi connectivity index (χ4v) is 4.16. The molecule has 6 nitrogen and oxygen atoms in total. The molecule has 0 bridgehead atoms. The molecule has 7 heteroatoms. The molecule has 0 spiro atoms. The van der Waals surface area contributed by atoms with Gasteiger partial charge in [-0.05, 0) is 55.0 Å². The van der Waals surface area contributed by atoms with E-state index < -0.39 is 11.9 Å². The first-order valence-corrected chi connectivity index (χ1v) is 13.4. The fraction of sp³-hybridized carbons (Fsp3) is 0.533. The molecule has 0 aliphatic rings. The van der Waals surface area contributed by atoms with Crippen molar-refractivity contribution in [1.29, 1.82) is 0 Å². The molecule has 0 fully saturated rings. The Hall–Kier alpha value is -1.76. The van der Waals surface area contributed by atoms with Crippen molar-refractivity contribution in [2.24, 2.45) is 0 Å². The molecule has 2 rings (SSSR count). The van der Waals surface area contributed by atoms with Crippen molar-refractivity contribution in [3.05, 3.63) is 58.7 Å².